The molecule has 0 aliphatic heterocycles. The van der Waals surface area contributed by atoms with Crippen LogP contribution in [0.15, 0.2) is 113 Å². The molecule has 0 saturated heterocycles. The zero-order chi connectivity index (χ0) is 30.4. The fraction of sp³-hybridized carbons (Fsp3) is 0.0667. The number of aromatic nitrogens is 2. The largest absolute Gasteiger partial charge is 0.497 e. The van der Waals surface area contributed by atoms with Gasteiger partial charge in [0, 0.05) is 23.4 Å². The molecule has 0 atom stereocenters. The number of nitro benzene ring substituents is 1. The lowest BCUT2D eigenvalue weighted by molar-refractivity contribution is -0.384. The van der Waals surface area contributed by atoms with Crippen molar-refractivity contribution in [2.24, 2.45) is 5.10 Å². The zero-order valence-electron chi connectivity index (χ0n) is 23.0. The average molecular weight is 599 g/mol. The molecule has 218 valence electrons. The molecule has 0 bridgehead atoms. The molecule has 0 aliphatic carbocycles. The summed E-state index contributed by atoms with van der Waals surface area (Å²) < 4.78 is 40.6. The first-order chi connectivity index (χ1) is 20.8. The second-order valence-corrected chi connectivity index (χ2v) is 10.7. The van der Waals surface area contributed by atoms with Gasteiger partial charge in [0.1, 0.15) is 22.9 Å². The standard InChI is InChI=1S/C30H26N6O6S/c1-41-24-14-12-21(13-15-24)30-22(20-35(33-30)23-8-4-3-5-9-23)19-31-32-26-17-16-25(18-28(26)36(37)38)43(39,40)34-27-10-6-7-11-29(27)42-2/h3-20,32,34H,1-2H3/b31-19+. The van der Waals surface area contributed by atoms with Crippen molar-refractivity contribution in [1.82, 2.24) is 9.78 Å². The fourth-order valence-corrected chi connectivity index (χ4v) is 5.29. The van der Waals surface area contributed by atoms with Crippen LogP contribution in [-0.2, 0) is 10.0 Å². The van der Waals surface area contributed by atoms with Gasteiger partial charge in [-0.25, -0.2) is 13.1 Å². The maximum atomic E-state index is 13.0. The number of sulfonamides is 1. The number of rotatable bonds is 11. The first kappa shape index (κ1) is 28.8. The molecule has 1 heterocycles. The highest BCUT2D eigenvalue weighted by molar-refractivity contribution is 7.92. The second kappa shape index (κ2) is 12.4. The van der Waals surface area contributed by atoms with E-state index in [-0.39, 0.29) is 16.3 Å². The summed E-state index contributed by atoms with van der Waals surface area (Å²) in [6, 6.07) is 26.8. The van der Waals surface area contributed by atoms with E-state index in [4.69, 9.17) is 14.6 Å². The summed E-state index contributed by atoms with van der Waals surface area (Å²) in [5.74, 6) is 0.997. The SMILES string of the molecule is COc1ccc(-c2nn(-c3ccccc3)cc2/C=N/Nc2ccc(S(=O)(=O)Nc3ccccc3OC)cc2[N+](=O)[O-])cc1. The van der Waals surface area contributed by atoms with Crippen LogP contribution in [0.2, 0.25) is 0 Å². The first-order valence-corrected chi connectivity index (χ1v) is 14.3. The molecule has 0 aliphatic rings. The predicted molar refractivity (Wildman–Crippen MR) is 164 cm³/mol. The van der Waals surface area contributed by atoms with Gasteiger partial charge in [-0.2, -0.15) is 10.2 Å². The van der Waals surface area contributed by atoms with E-state index in [0.29, 0.717) is 22.8 Å². The highest BCUT2D eigenvalue weighted by atomic mass is 32.2. The Hall–Kier alpha value is -5.69. The number of ether oxygens (including phenoxy) is 2. The van der Waals surface area contributed by atoms with Crippen molar-refractivity contribution < 1.29 is 22.8 Å². The van der Waals surface area contributed by atoms with E-state index in [2.05, 4.69) is 15.2 Å². The van der Waals surface area contributed by atoms with Crippen LogP contribution >= 0.6 is 0 Å². The first-order valence-electron chi connectivity index (χ1n) is 12.8. The van der Waals surface area contributed by atoms with Crippen LogP contribution in [-0.4, -0.2) is 43.6 Å². The van der Waals surface area contributed by atoms with Gasteiger partial charge in [0.15, 0.2) is 0 Å². The minimum absolute atomic E-state index is 0.000981. The second-order valence-electron chi connectivity index (χ2n) is 9.05. The number of hydrogen-bond acceptors (Lipinski definition) is 9. The minimum Gasteiger partial charge on any atom is -0.497 e. The Morgan fingerprint density at radius 1 is 0.907 bits per heavy atom. The molecule has 0 saturated carbocycles. The Morgan fingerprint density at radius 2 is 1.63 bits per heavy atom. The molecule has 0 unspecified atom stereocenters. The number of anilines is 2. The summed E-state index contributed by atoms with van der Waals surface area (Å²) in [5.41, 5.74) is 5.28. The van der Waals surface area contributed by atoms with Crippen LogP contribution < -0.4 is 19.6 Å². The molecule has 1 aromatic heterocycles. The Kier molecular flexibility index (Phi) is 8.34. The van der Waals surface area contributed by atoms with E-state index in [1.165, 1.54) is 31.5 Å². The molecule has 13 heteroatoms. The number of para-hydroxylation sites is 3. The van der Waals surface area contributed by atoms with Gasteiger partial charge in [0.2, 0.25) is 0 Å². The molecule has 12 nitrogen and oxygen atoms in total. The lowest BCUT2D eigenvalue weighted by Gasteiger charge is -2.12. The minimum atomic E-state index is -4.17. The third kappa shape index (κ3) is 6.47. The average Bonchev–Trinajstić information content (AvgIpc) is 3.45. The molecular formula is C30H26N6O6S. The summed E-state index contributed by atoms with van der Waals surface area (Å²) in [7, 11) is -1.18. The van der Waals surface area contributed by atoms with Crippen molar-refractivity contribution >= 4 is 33.3 Å². The van der Waals surface area contributed by atoms with E-state index in [9.17, 15) is 18.5 Å². The summed E-state index contributed by atoms with van der Waals surface area (Å²) >= 11 is 0. The molecular weight excluding hydrogens is 572 g/mol. The van der Waals surface area contributed by atoms with Crippen LogP contribution in [0.25, 0.3) is 16.9 Å². The van der Waals surface area contributed by atoms with E-state index >= 15 is 0 Å². The molecule has 2 N–H and O–H groups in total. The van der Waals surface area contributed by atoms with Crippen LogP contribution in [0.3, 0.4) is 0 Å². The van der Waals surface area contributed by atoms with E-state index in [1.807, 2.05) is 54.6 Å². The number of benzene rings is 4. The third-order valence-corrected chi connectivity index (χ3v) is 7.71. The van der Waals surface area contributed by atoms with Crippen LogP contribution in [0.1, 0.15) is 5.56 Å². The Labute approximate surface area is 247 Å². The topological polar surface area (TPSA) is 150 Å². The fourth-order valence-electron chi connectivity index (χ4n) is 4.20. The number of hydrogen-bond donors (Lipinski definition) is 2. The maximum absolute atomic E-state index is 13.0. The van der Waals surface area contributed by atoms with Gasteiger partial charge in [-0.3, -0.25) is 20.3 Å². The number of hydrazone groups is 1. The number of nitrogens with one attached hydrogen (secondary N) is 2. The van der Waals surface area contributed by atoms with Gasteiger partial charge in [-0.1, -0.05) is 30.3 Å². The zero-order valence-corrected chi connectivity index (χ0v) is 23.9. The smallest absolute Gasteiger partial charge is 0.295 e. The van der Waals surface area contributed by atoms with Crippen molar-refractivity contribution in [3.05, 3.63) is 119 Å². The van der Waals surface area contributed by atoms with Crippen molar-refractivity contribution in [2.75, 3.05) is 24.4 Å². The summed E-state index contributed by atoms with van der Waals surface area (Å²) in [6.45, 7) is 0. The normalized spacial score (nSPS) is 11.3. The molecule has 5 rings (SSSR count). The Balaban J connectivity index is 1.44. The summed E-state index contributed by atoms with van der Waals surface area (Å²) in [6.07, 6.45) is 3.28. The number of nitrogens with zero attached hydrogens (tertiary/aromatic N) is 4. The van der Waals surface area contributed by atoms with Gasteiger partial charge in [0.25, 0.3) is 15.7 Å². The quantitative estimate of drug-likeness (QED) is 0.111. The van der Waals surface area contributed by atoms with Crippen molar-refractivity contribution in [3.8, 4) is 28.4 Å². The lowest BCUT2D eigenvalue weighted by Crippen LogP contribution is -2.14. The van der Waals surface area contributed by atoms with Gasteiger partial charge >= 0.3 is 0 Å². The van der Waals surface area contributed by atoms with Crippen LogP contribution in [0, 0.1) is 10.1 Å². The van der Waals surface area contributed by atoms with Crippen molar-refractivity contribution in [2.45, 2.75) is 4.90 Å². The highest BCUT2D eigenvalue weighted by Crippen LogP contribution is 2.31. The summed E-state index contributed by atoms with van der Waals surface area (Å²) in [4.78, 5) is 10.9. The van der Waals surface area contributed by atoms with Crippen molar-refractivity contribution in [1.29, 1.82) is 0 Å². The monoisotopic (exact) mass is 598 g/mol. The molecule has 0 spiro atoms. The molecule has 43 heavy (non-hydrogen) atoms. The van der Waals surface area contributed by atoms with E-state index < -0.39 is 20.6 Å². The van der Waals surface area contributed by atoms with E-state index in [1.54, 1.807) is 36.2 Å². The number of methoxy groups -OCH3 is 2. The van der Waals surface area contributed by atoms with Gasteiger partial charge in [-0.05, 0) is 60.7 Å². The molecule has 5 aromatic rings. The van der Waals surface area contributed by atoms with Gasteiger partial charge in [0.05, 0.1) is 41.6 Å². The van der Waals surface area contributed by atoms with Gasteiger partial charge < -0.3 is 9.47 Å². The molecule has 0 amide bonds. The van der Waals surface area contributed by atoms with Crippen molar-refractivity contribution in [3.63, 3.8) is 0 Å². The lowest BCUT2D eigenvalue weighted by atomic mass is 10.1. The predicted octanol–water partition coefficient (Wildman–Crippen LogP) is 5.71. The Morgan fingerprint density at radius 3 is 2.33 bits per heavy atom. The highest BCUT2D eigenvalue weighted by Gasteiger charge is 2.22. The summed E-state index contributed by atoms with van der Waals surface area (Å²) in [5, 5.41) is 20.9. The molecule has 0 radical (unpaired) electrons. The maximum Gasteiger partial charge on any atom is 0.295 e. The Bertz CT molecular complexity index is 1890. The molecule has 0 fully saturated rings. The van der Waals surface area contributed by atoms with Crippen LogP contribution in [0.4, 0.5) is 17.1 Å². The van der Waals surface area contributed by atoms with Crippen LogP contribution in [0.5, 0.6) is 11.5 Å². The van der Waals surface area contributed by atoms with Gasteiger partial charge in [-0.15, -0.1) is 0 Å². The van der Waals surface area contributed by atoms with E-state index in [0.717, 1.165) is 17.3 Å². The number of nitro groups is 1. The third-order valence-electron chi connectivity index (χ3n) is 6.34. The molecule has 4 aromatic carbocycles.